The molecule has 0 aliphatic carbocycles. The normalized spacial score (nSPS) is 12.1. The highest BCUT2D eigenvalue weighted by atomic mass is 127. The van der Waals surface area contributed by atoms with Crippen LogP contribution in [0.2, 0.25) is 0 Å². The van der Waals surface area contributed by atoms with Gasteiger partial charge in [0.15, 0.2) is 0 Å². The highest BCUT2D eigenvalue weighted by Gasteiger charge is 2.14. The first-order valence-electron chi connectivity index (χ1n) is 5.07. The first-order chi connectivity index (χ1) is 7.83. The van der Waals surface area contributed by atoms with Crippen LogP contribution in [0.3, 0.4) is 0 Å². The van der Waals surface area contributed by atoms with Gasteiger partial charge in [-0.2, -0.15) is 0 Å². The van der Waals surface area contributed by atoms with E-state index < -0.39 is 0 Å². The molecule has 1 nitrogen and oxygen atoms in total. The Balaban J connectivity index is 2.45. The molecule has 2 aromatic rings. The Morgan fingerprint density at radius 2 is 1.56 bits per heavy atom. The molecule has 2 rings (SSSR count). The number of hydrogen-bond donors (Lipinski definition) is 0. The third-order valence-electron chi connectivity index (χ3n) is 2.54. The summed E-state index contributed by atoms with van der Waals surface area (Å²) in [5.74, 6) is -0.158. The topological polar surface area (TPSA) is 17.1 Å². The van der Waals surface area contributed by atoms with Crippen LogP contribution in [0.1, 0.15) is 17.0 Å². The SMILES string of the molecule is O=CC(c1ccccc1)c1ccccc1I. The van der Waals surface area contributed by atoms with Gasteiger partial charge in [-0.25, -0.2) is 0 Å². The van der Waals surface area contributed by atoms with Gasteiger partial charge < -0.3 is 4.79 Å². The molecule has 0 spiro atoms. The Labute approximate surface area is 109 Å². The van der Waals surface area contributed by atoms with E-state index in [1.807, 2.05) is 54.6 Å². The highest BCUT2D eigenvalue weighted by molar-refractivity contribution is 14.1. The van der Waals surface area contributed by atoms with Crippen LogP contribution in [0.4, 0.5) is 0 Å². The molecule has 0 amide bonds. The molecule has 0 aliphatic rings. The molecule has 0 aliphatic heterocycles. The molecule has 0 saturated carbocycles. The Morgan fingerprint density at radius 3 is 2.19 bits per heavy atom. The van der Waals surface area contributed by atoms with Crippen molar-refractivity contribution in [2.75, 3.05) is 0 Å². The molecule has 0 radical (unpaired) electrons. The number of rotatable bonds is 3. The quantitative estimate of drug-likeness (QED) is 0.623. The number of hydrogen-bond acceptors (Lipinski definition) is 1. The van der Waals surface area contributed by atoms with Crippen molar-refractivity contribution in [1.29, 1.82) is 0 Å². The molecular weight excluding hydrogens is 311 g/mol. The van der Waals surface area contributed by atoms with E-state index in [1.165, 1.54) is 0 Å². The van der Waals surface area contributed by atoms with Crippen molar-refractivity contribution in [2.45, 2.75) is 5.92 Å². The summed E-state index contributed by atoms with van der Waals surface area (Å²) >= 11 is 2.27. The zero-order valence-corrected chi connectivity index (χ0v) is 10.8. The first kappa shape index (κ1) is 11.3. The maximum atomic E-state index is 11.3. The van der Waals surface area contributed by atoms with Crippen LogP contribution in [0, 0.1) is 3.57 Å². The van der Waals surface area contributed by atoms with Crippen molar-refractivity contribution >= 4 is 28.9 Å². The minimum absolute atomic E-state index is 0.158. The van der Waals surface area contributed by atoms with Gasteiger partial charge in [-0.3, -0.25) is 0 Å². The molecule has 2 heteroatoms. The van der Waals surface area contributed by atoms with Gasteiger partial charge in [-0.1, -0.05) is 48.5 Å². The zero-order chi connectivity index (χ0) is 11.4. The van der Waals surface area contributed by atoms with E-state index in [-0.39, 0.29) is 5.92 Å². The second-order valence-corrected chi connectivity index (χ2v) is 4.71. The van der Waals surface area contributed by atoms with Gasteiger partial charge in [0.1, 0.15) is 6.29 Å². The van der Waals surface area contributed by atoms with Crippen molar-refractivity contribution in [2.24, 2.45) is 0 Å². The number of halogens is 1. The Kier molecular flexibility index (Phi) is 3.72. The minimum atomic E-state index is -0.158. The van der Waals surface area contributed by atoms with Crippen molar-refractivity contribution in [3.63, 3.8) is 0 Å². The predicted molar refractivity (Wildman–Crippen MR) is 73.5 cm³/mol. The van der Waals surface area contributed by atoms with E-state index in [0.717, 1.165) is 21.0 Å². The molecule has 0 heterocycles. The van der Waals surface area contributed by atoms with Crippen molar-refractivity contribution < 1.29 is 4.79 Å². The van der Waals surface area contributed by atoms with Crippen LogP contribution in [-0.2, 0) is 4.79 Å². The van der Waals surface area contributed by atoms with Gasteiger partial charge in [0, 0.05) is 3.57 Å². The zero-order valence-electron chi connectivity index (χ0n) is 8.64. The van der Waals surface area contributed by atoms with E-state index in [4.69, 9.17) is 0 Å². The molecule has 0 saturated heterocycles. The predicted octanol–water partition coefficient (Wildman–Crippen LogP) is 3.62. The lowest BCUT2D eigenvalue weighted by Crippen LogP contribution is -2.04. The molecule has 2 aromatic carbocycles. The summed E-state index contributed by atoms with van der Waals surface area (Å²) in [6, 6.07) is 17.8. The van der Waals surface area contributed by atoms with Gasteiger partial charge in [0.05, 0.1) is 5.92 Å². The lowest BCUT2D eigenvalue weighted by Gasteiger charge is -2.12. The number of carbonyl (C=O) groups is 1. The summed E-state index contributed by atoms with van der Waals surface area (Å²) in [6.45, 7) is 0. The van der Waals surface area contributed by atoms with Gasteiger partial charge in [0.2, 0.25) is 0 Å². The van der Waals surface area contributed by atoms with Crippen LogP contribution in [0.5, 0.6) is 0 Å². The molecule has 0 N–H and O–H groups in total. The van der Waals surface area contributed by atoms with E-state index >= 15 is 0 Å². The van der Waals surface area contributed by atoms with Crippen LogP contribution >= 0.6 is 22.6 Å². The summed E-state index contributed by atoms with van der Waals surface area (Å²) in [7, 11) is 0. The summed E-state index contributed by atoms with van der Waals surface area (Å²) in [5.41, 5.74) is 2.12. The Bertz CT molecular complexity index is 479. The van der Waals surface area contributed by atoms with Crippen LogP contribution < -0.4 is 0 Å². The largest absolute Gasteiger partial charge is 0.302 e. The first-order valence-corrected chi connectivity index (χ1v) is 6.15. The van der Waals surface area contributed by atoms with Crippen molar-refractivity contribution in [3.8, 4) is 0 Å². The summed E-state index contributed by atoms with van der Waals surface area (Å²) in [5, 5.41) is 0. The Hall–Kier alpha value is -1.16. The molecule has 1 unspecified atom stereocenters. The Morgan fingerprint density at radius 1 is 0.938 bits per heavy atom. The lowest BCUT2D eigenvalue weighted by atomic mass is 9.93. The van der Waals surface area contributed by atoms with Crippen LogP contribution in [0.25, 0.3) is 0 Å². The van der Waals surface area contributed by atoms with Crippen LogP contribution in [0.15, 0.2) is 54.6 Å². The fourth-order valence-electron chi connectivity index (χ4n) is 1.72. The average molecular weight is 322 g/mol. The molecule has 0 bridgehead atoms. The molecule has 80 valence electrons. The minimum Gasteiger partial charge on any atom is -0.302 e. The van der Waals surface area contributed by atoms with E-state index in [0.29, 0.717) is 0 Å². The second-order valence-electron chi connectivity index (χ2n) is 3.55. The fourth-order valence-corrected chi connectivity index (χ4v) is 2.44. The van der Waals surface area contributed by atoms with Crippen molar-refractivity contribution in [1.82, 2.24) is 0 Å². The second kappa shape index (κ2) is 5.25. The summed E-state index contributed by atoms with van der Waals surface area (Å²) in [6.07, 6.45) is 1.01. The van der Waals surface area contributed by atoms with Gasteiger partial charge >= 0.3 is 0 Å². The van der Waals surface area contributed by atoms with Gasteiger partial charge in [-0.15, -0.1) is 0 Å². The standard InChI is InChI=1S/C14H11IO/c15-14-9-5-4-8-12(14)13(10-16)11-6-2-1-3-7-11/h1-10,13H. The maximum Gasteiger partial charge on any atom is 0.131 e. The van der Waals surface area contributed by atoms with E-state index in [1.54, 1.807) is 0 Å². The third-order valence-corrected chi connectivity index (χ3v) is 3.52. The number of aldehydes is 1. The highest BCUT2D eigenvalue weighted by Crippen LogP contribution is 2.26. The van der Waals surface area contributed by atoms with E-state index in [2.05, 4.69) is 22.6 Å². The van der Waals surface area contributed by atoms with Gasteiger partial charge in [-0.05, 0) is 39.8 Å². The van der Waals surface area contributed by atoms with E-state index in [9.17, 15) is 4.79 Å². The van der Waals surface area contributed by atoms with Gasteiger partial charge in [0.25, 0.3) is 0 Å². The lowest BCUT2D eigenvalue weighted by molar-refractivity contribution is -0.108. The smallest absolute Gasteiger partial charge is 0.131 e. The number of benzene rings is 2. The molecule has 16 heavy (non-hydrogen) atoms. The summed E-state index contributed by atoms with van der Waals surface area (Å²) < 4.78 is 1.13. The van der Waals surface area contributed by atoms with Crippen LogP contribution in [-0.4, -0.2) is 6.29 Å². The molecule has 1 atom stereocenters. The molecular formula is C14H11IO. The summed E-state index contributed by atoms with van der Waals surface area (Å²) in [4.78, 5) is 11.3. The maximum absolute atomic E-state index is 11.3. The third kappa shape index (κ3) is 2.32. The van der Waals surface area contributed by atoms with Crippen molar-refractivity contribution in [3.05, 3.63) is 69.3 Å². The molecule has 0 aromatic heterocycles. The number of carbonyl (C=O) groups excluding carboxylic acids is 1. The average Bonchev–Trinajstić information content (AvgIpc) is 2.34. The molecule has 0 fully saturated rings. The monoisotopic (exact) mass is 322 g/mol. The fraction of sp³-hybridized carbons (Fsp3) is 0.0714.